The molecule has 3 rings (SSSR count). The highest BCUT2D eigenvalue weighted by Crippen LogP contribution is 2.16. The van der Waals surface area contributed by atoms with Gasteiger partial charge in [0, 0.05) is 44.3 Å². The summed E-state index contributed by atoms with van der Waals surface area (Å²) >= 11 is 0. The van der Waals surface area contributed by atoms with Crippen LogP contribution in [0.1, 0.15) is 18.5 Å². The highest BCUT2D eigenvalue weighted by Gasteiger charge is 2.15. The van der Waals surface area contributed by atoms with E-state index in [4.69, 9.17) is 9.47 Å². The second-order valence-electron chi connectivity index (χ2n) is 6.49. The van der Waals surface area contributed by atoms with Crippen LogP contribution in [0.2, 0.25) is 0 Å². The number of aliphatic imine (C=N–C) groups is 1. The Bertz CT molecular complexity index is 709. The second-order valence-corrected chi connectivity index (χ2v) is 6.49. The maximum Gasteiger partial charge on any atom is 0.191 e. The van der Waals surface area contributed by atoms with Crippen LogP contribution in [-0.4, -0.2) is 51.0 Å². The van der Waals surface area contributed by atoms with Gasteiger partial charge in [-0.05, 0) is 24.3 Å². The summed E-state index contributed by atoms with van der Waals surface area (Å²) in [5.74, 6) is 1.36. The van der Waals surface area contributed by atoms with Gasteiger partial charge in [0.15, 0.2) is 5.96 Å². The van der Waals surface area contributed by atoms with Gasteiger partial charge in [0.2, 0.25) is 0 Å². The molecule has 0 saturated carbocycles. The lowest BCUT2D eigenvalue weighted by Crippen LogP contribution is -2.37. The molecule has 1 aromatic heterocycles. The Kier molecular flexibility index (Phi) is 7.22. The van der Waals surface area contributed by atoms with Crippen LogP contribution >= 0.6 is 0 Å². The molecule has 0 bridgehead atoms. The molecule has 1 atom stereocenters. The Morgan fingerprint density at radius 2 is 2.23 bits per heavy atom. The first-order valence-corrected chi connectivity index (χ1v) is 9.29. The van der Waals surface area contributed by atoms with E-state index in [0.29, 0.717) is 12.5 Å². The molecule has 2 N–H and O–H groups in total. The maximum absolute atomic E-state index is 5.72. The van der Waals surface area contributed by atoms with Gasteiger partial charge in [-0.3, -0.25) is 9.98 Å². The summed E-state index contributed by atoms with van der Waals surface area (Å²) < 4.78 is 11.1. The Labute approximate surface area is 155 Å². The van der Waals surface area contributed by atoms with Crippen molar-refractivity contribution < 1.29 is 9.47 Å². The van der Waals surface area contributed by atoms with E-state index < -0.39 is 0 Å². The van der Waals surface area contributed by atoms with Crippen molar-refractivity contribution in [3.05, 3.63) is 42.2 Å². The van der Waals surface area contributed by atoms with E-state index in [1.807, 2.05) is 24.4 Å². The number of ether oxygens (including phenoxy) is 2. The SMILES string of the molecule is CN=C(NCCCOCC1CCOC1)NCc1nccc2ccccc12. The Morgan fingerprint density at radius 3 is 3.08 bits per heavy atom. The summed E-state index contributed by atoms with van der Waals surface area (Å²) in [6.07, 6.45) is 3.92. The van der Waals surface area contributed by atoms with Crippen molar-refractivity contribution in [3.8, 4) is 0 Å². The minimum absolute atomic E-state index is 0.575. The van der Waals surface area contributed by atoms with Crippen molar-refractivity contribution in [3.63, 3.8) is 0 Å². The lowest BCUT2D eigenvalue weighted by molar-refractivity contribution is 0.0888. The number of hydrogen-bond acceptors (Lipinski definition) is 4. The fourth-order valence-electron chi connectivity index (χ4n) is 3.06. The molecule has 0 radical (unpaired) electrons. The van der Waals surface area contributed by atoms with E-state index in [2.05, 4.69) is 32.7 Å². The van der Waals surface area contributed by atoms with Gasteiger partial charge >= 0.3 is 0 Å². The van der Waals surface area contributed by atoms with Crippen LogP contribution in [0, 0.1) is 5.92 Å². The summed E-state index contributed by atoms with van der Waals surface area (Å²) in [6.45, 7) is 4.74. The van der Waals surface area contributed by atoms with Crippen molar-refractivity contribution >= 4 is 16.7 Å². The summed E-state index contributed by atoms with van der Waals surface area (Å²) in [4.78, 5) is 8.77. The third-order valence-corrected chi connectivity index (χ3v) is 4.54. The van der Waals surface area contributed by atoms with Gasteiger partial charge in [-0.1, -0.05) is 24.3 Å². The number of fused-ring (bicyclic) bond motifs is 1. The van der Waals surface area contributed by atoms with Gasteiger partial charge in [0.1, 0.15) is 0 Å². The molecule has 1 aliphatic rings. The monoisotopic (exact) mass is 356 g/mol. The first kappa shape index (κ1) is 18.6. The van der Waals surface area contributed by atoms with Crippen molar-refractivity contribution in [2.45, 2.75) is 19.4 Å². The molecule has 1 unspecified atom stereocenters. The zero-order chi connectivity index (χ0) is 18.0. The number of hydrogen-bond donors (Lipinski definition) is 2. The Balaban J connectivity index is 1.36. The molecule has 0 aliphatic carbocycles. The molecule has 2 aromatic rings. The molecule has 26 heavy (non-hydrogen) atoms. The first-order valence-electron chi connectivity index (χ1n) is 9.29. The van der Waals surface area contributed by atoms with Crippen molar-refractivity contribution in [2.24, 2.45) is 10.9 Å². The van der Waals surface area contributed by atoms with E-state index in [1.165, 1.54) is 10.8 Å². The van der Waals surface area contributed by atoms with Gasteiger partial charge in [-0.15, -0.1) is 0 Å². The van der Waals surface area contributed by atoms with Crippen LogP contribution in [0.5, 0.6) is 0 Å². The van der Waals surface area contributed by atoms with Gasteiger partial charge in [-0.2, -0.15) is 0 Å². The van der Waals surface area contributed by atoms with E-state index in [9.17, 15) is 0 Å². The van der Waals surface area contributed by atoms with E-state index in [1.54, 1.807) is 7.05 Å². The quantitative estimate of drug-likeness (QED) is 0.432. The number of nitrogens with zero attached hydrogens (tertiary/aromatic N) is 2. The summed E-state index contributed by atoms with van der Waals surface area (Å²) in [7, 11) is 1.78. The molecular weight excluding hydrogens is 328 g/mol. The molecule has 2 heterocycles. The normalized spacial score (nSPS) is 17.6. The molecular formula is C20H28N4O2. The number of guanidine groups is 1. The molecule has 140 valence electrons. The highest BCUT2D eigenvalue weighted by molar-refractivity contribution is 5.85. The molecule has 1 aromatic carbocycles. The molecule has 0 spiro atoms. The fraction of sp³-hybridized carbons (Fsp3) is 0.500. The van der Waals surface area contributed by atoms with E-state index >= 15 is 0 Å². The van der Waals surface area contributed by atoms with Crippen molar-refractivity contribution in [1.29, 1.82) is 0 Å². The smallest absolute Gasteiger partial charge is 0.191 e. The minimum atomic E-state index is 0.575. The zero-order valence-electron chi connectivity index (χ0n) is 15.4. The van der Waals surface area contributed by atoms with Gasteiger partial charge < -0.3 is 20.1 Å². The van der Waals surface area contributed by atoms with Crippen LogP contribution in [0.15, 0.2) is 41.5 Å². The predicted molar refractivity (Wildman–Crippen MR) is 104 cm³/mol. The van der Waals surface area contributed by atoms with Crippen LogP contribution in [0.4, 0.5) is 0 Å². The first-order chi connectivity index (χ1) is 12.9. The Hall–Kier alpha value is -2.18. The predicted octanol–water partition coefficient (Wildman–Crippen LogP) is 2.34. The zero-order valence-corrected chi connectivity index (χ0v) is 15.4. The van der Waals surface area contributed by atoms with Crippen LogP contribution in [0.25, 0.3) is 10.8 Å². The van der Waals surface area contributed by atoms with Crippen molar-refractivity contribution in [1.82, 2.24) is 15.6 Å². The largest absolute Gasteiger partial charge is 0.381 e. The summed E-state index contributed by atoms with van der Waals surface area (Å²) in [5.41, 5.74) is 1.02. The maximum atomic E-state index is 5.72. The van der Waals surface area contributed by atoms with Crippen LogP contribution < -0.4 is 10.6 Å². The summed E-state index contributed by atoms with van der Waals surface area (Å²) in [5, 5.41) is 9.02. The average Bonchev–Trinajstić information content (AvgIpc) is 3.20. The van der Waals surface area contributed by atoms with Gasteiger partial charge in [-0.25, -0.2) is 0 Å². The molecule has 1 fully saturated rings. The van der Waals surface area contributed by atoms with E-state index in [0.717, 1.165) is 57.5 Å². The van der Waals surface area contributed by atoms with Gasteiger partial charge in [0.25, 0.3) is 0 Å². The average molecular weight is 356 g/mol. The highest BCUT2D eigenvalue weighted by atomic mass is 16.5. The lowest BCUT2D eigenvalue weighted by Gasteiger charge is -2.13. The Morgan fingerprint density at radius 1 is 1.31 bits per heavy atom. The topological polar surface area (TPSA) is 67.8 Å². The van der Waals surface area contributed by atoms with Crippen LogP contribution in [-0.2, 0) is 16.0 Å². The number of aromatic nitrogens is 1. The standard InChI is InChI=1S/C20H28N4O2/c1-21-20(23-9-4-11-25-14-16-8-12-26-15-16)24-13-19-18-6-3-2-5-17(18)7-10-22-19/h2-3,5-7,10,16H,4,8-9,11-15H2,1H3,(H2,21,23,24). The second kappa shape index (κ2) is 10.1. The third kappa shape index (κ3) is 5.41. The summed E-state index contributed by atoms with van der Waals surface area (Å²) in [6, 6.07) is 10.3. The van der Waals surface area contributed by atoms with Gasteiger partial charge in [0.05, 0.1) is 25.5 Å². The van der Waals surface area contributed by atoms with Crippen LogP contribution in [0.3, 0.4) is 0 Å². The minimum Gasteiger partial charge on any atom is -0.381 e. The molecule has 6 heteroatoms. The van der Waals surface area contributed by atoms with E-state index in [-0.39, 0.29) is 0 Å². The third-order valence-electron chi connectivity index (χ3n) is 4.54. The number of nitrogens with one attached hydrogen (secondary N) is 2. The number of benzene rings is 1. The molecule has 6 nitrogen and oxygen atoms in total. The molecule has 0 amide bonds. The number of rotatable bonds is 8. The molecule has 1 saturated heterocycles. The van der Waals surface area contributed by atoms with Crippen molar-refractivity contribution in [2.75, 3.05) is 40.0 Å². The molecule has 1 aliphatic heterocycles. The fourth-order valence-corrected chi connectivity index (χ4v) is 3.06. The number of pyridine rings is 1. The lowest BCUT2D eigenvalue weighted by atomic mass is 10.1.